The summed E-state index contributed by atoms with van der Waals surface area (Å²) in [7, 11) is -1.33. The molecule has 0 N–H and O–H groups in total. The molecule has 0 bridgehead atoms. The average molecular weight is 649 g/mol. The topological polar surface area (TPSA) is 38.9 Å². The summed E-state index contributed by atoms with van der Waals surface area (Å²) in [5, 5.41) is 2.53. The number of aromatic nitrogens is 2. The molecule has 49 heavy (non-hydrogen) atoms. The Bertz CT molecular complexity index is 2400. The standard InChI is InChI=1S/C45H36N2OSi/c1-49(2,3)40-24-22-32(23-25-40)37-14-8-16-39(29-37)38-15-7-13-36(28-38)31-18-20-35(21-19-31)45-46-42(33-10-5-4-6-11-33)30-43(47-45)41-17-9-12-34-26-27-48-44(34)41/h4-30H,1-3H3. The number of hydrogen-bond acceptors (Lipinski definition) is 3. The van der Waals surface area contributed by atoms with Gasteiger partial charge < -0.3 is 4.42 Å². The maximum absolute atomic E-state index is 5.89. The highest BCUT2D eigenvalue weighted by Crippen LogP contribution is 2.34. The molecule has 0 unspecified atom stereocenters. The summed E-state index contributed by atoms with van der Waals surface area (Å²) in [6.07, 6.45) is 1.73. The van der Waals surface area contributed by atoms with Crippen molar-refractivity contribution in [1.29, 1.82) is 0 Å². The highest BCUT2D eigenvalue weighted by Gasteiger charge is 2.17. The monoisotopic (exact) mass is 648 g/mol. The number of benzene rings is 6. The normalized spacial score (nSPS) is 11.6. The van der Waals surface area contributed by atoms with Gasteiger partial charge in [0, 0.05) is 22.1 Å². The van der Waals surface area contributed by atoms with Gasteiger partial charge in [0.2, 0.25) is 0 Å². The second-order valence-electron chi connectivity index (χ2n) is 13.5. The summed E-state index contributed by atoms with van der Waals surface area (Å²) in [5.41, 5.74) is 12.7. The van der Waals surface area contributed by atoms with Crippen LogP contribution in [0.25, 0.3) is 78.3 Å². The molecule has 0 spiro atoms. The van der Waals surface area contributed by atoms with E-state index in [-0.39, 0.29) is 0 Å². The van der Waals surface area contributed by atoms with Crippen LogP contribution in [0.1, 0.15) is 0 Å². The minimum atomic E-state index is -1.33. The third kappa shape index (κ3) is 6.27. The molecule has 3 nitrogen and oxygen atoms in total. The minimum Gasteiger partial charge on any atom is -0.464 e. The Kier molecular flexibility index (Phi) is 7.87. The van der Waals surface area contributed by atoms with Gasteiger partial charge in [-0.3, -0.25) is 0 Å². The van der Waals surface area contributed by atoms with Crippen LogP contribution in [0.15, 0.2) is 168 Å². The van der Waals surface area contributed by atoms with Crippen LogP contribution in [0.2, 0.25) is 19.6 Å². The van der Waals surface area contributed by atoms with E-state index in [1.807, 2.05) is 36.4 Å². The second kappa shape index (κ2) is 12.6. The van der Waals surface area contributed by atoms with Crippen LogP contribution in [-0.4, -0.2) is 18.0 Å². The lowest BCUT2D eigenvalue weighted by molar-refractivity contribution is 0.616. The van der Waals surface area contributed by atoms with E-state index in [0.29, 0.717) is 5.82 Å². The van der Waals surface area contributed by atoms with Gasteiger partial charge in [-0.25, -0.2) is 9.97 Å². The molecular weight excluding hydrogens is 613 g/mol. The molecule has 0 atom stereocenters. The predicted molar refractivity (Wildman–Crippen MR) is 207 cm³/mol. The van der Waals surface area contributed by atoms with Gasteiger partial charge in [0.15, 0.2) is 5.82 Å². The number of furan rings is 1. The summed E-state index contributed by atoms with van der Waals surface area (Å²) in [4.78, 5) is 10.1. The van der Waals surface area contributed by atoms with Gasteiger partial charge in [0.1, 0.15) is 5.58 Å². The lowest BCUT2D eigenvalue weighted by atomic mass is 9.96. The summed E-state index contributed by atoms with van der Waals surface area (Å²) >= 11 is 0. The van der Waals surface area contributed by atoms with Gasteiger partial charge in [0.05, 0.1) is 25.7 Å². The highest BCUT2D eigenvalue weighted by molar-refractivity contribution is 6.88. The molecule has 0 saturated heterocycles. The van der Waals surface area contributed by atoms with E-state index in [2.05, 4.69) is 141 Å². The smallest absolute Gasteiger partial charge is 0.160 e. The molecule has 0 aliphatic carbocycles. The molecule has 2 aromatic heterocycles. The number of hydrogen-bond donors (Lipinski definition) is 0. The van der Waals surface area contributed by atoms with Gasteiger partial charge >= 0.3 is 0 Å². The predicted octanol–water partition coefficient (Wildman–Crippen LogP) is 11.8. The number of nitrogens with zero attached hydrogens (tertiary/aromatic N) is 2. The van der Waals surface area contributed by atoms with Crippen LogP contribution in [0.4, 0.5) is 0 Å². The Balaban J connectivity index is 1.12. The number of fused-ring (bicyclic) bond motifs is 1. The summed E-state index contributed by atoms with van der Waals surface area (Å²) in [5.74, 6) is 0.676. The lowest BCUT2D eigenvalue weighted by Crippen LogP contribution is -2.37. The first kappa shape index (κ1) is 30.5. The van der Waals surface area contributed by atoms with Gasteiger partial charge in [-0.05, 0) is 63.7 Å². The first-order chi connectivity index (χ1) is 23.9. The zero-order valence-electron chi connectivity index (χ0n) is 27.9. The van der Waals surface area contributed by atoms with Crippen molar-refractivity contribution in [2.75, 3.05) is 0 Å². The Labute approximate surface area is 288 Å². The van der Waals surface area contributed by atoms with Crippen molar-refractivity contribution >= 4 is 24.2 Å². The van der Waals surface area contributed by atoms with E-state index in [1.165, 1.54) is 27.4 Å². The van der Waals surface area contributed by atoms with E-state index in [4.69, 9.17) is 14.4 Å². The molecule has 0 fully saturated rings. The SMILES string of the molecule is C[Si](C)(C)c1ccc(-c2cccc(-c3cccc(-c4ccc(-c5nc(-c6ccccc6)cc(-c6cccc7ccoc67)n5)cc4)c3)c2)cc1. The fourth-order valence-corrected chi connectivity index (χ4v) is 7.56. The van der Waals surface area contributed by atoms with Crippen LogP contribution >= 0.6 is 0 Å². The first-order valence-corrected chi connectivity index (χ1v) is 20.2. The Morgan fingerprint density at radius 3 is 1.59 bits per heavy atom. The molecule has 0 aliphatic rings. The van der Waals surface area contributed by atoms with Crippen molar-refractivity contribution in [2.45, 2.75) is 19.6 Å². The fraction of sp³-hybridized carbons (Fsp3) is 0.0667. The van der Waals surface area contributed by atoms with E-state index < -0.39 is 8.07 Å². The zero-order chi connectivity index (χ0) is 33.4. The van der Waals surface area contributed by atoms with Crippen LogP contribution < -0.4 is 5.19 Å². The molecule has 8 aromatic rings. The Morgan fingerprint density at radius 1 is 0.429 bits per heavy atom. The summed E-state index contributed by atoms with van der Waals surface area (Å²) < 4.78 is 5.89. The van der Waals surface area contributed by atoms with Crippen LogP contribution in [-0.2, 0) is 0 Å². The van der Waals surface area contributed by atoms with E-state index >= 15 is 0 Å². The lowest BCUT2D eigenvalue weighted by Gasteiger charge is -2.17. The molecule has 0 amide bonds. The third-order valence-electron chi connectivity index (χ3n) is 9.17. The van der Waals surface area contributed by atoms with Gasteiger partial charge in [-0.1, -0.05) is 152 Å². The quantitative estimate of drug-likeness (QED) is 0.161. The van der Waals surface area contributed by atoms with Gasteiger partial charge in [-0.15, -0.1) is 0 Å². The summed E-state index contributed by atoms with van der Waals surface area (Å²) in [6, 6.07) is 55.8. The maximum Gasteiger partial charge on any atom is 0.160 e. The molecule has 0 saturated carbocycles. The van der Waals surface area contributed by atoms with Crippen molar-refractivity contribution < 1.29 is 4.42 Å². The molecule has 0 radical (unpaired) electrons. The molecule has 236 valence electrons. The Morgan fingerprint density at radius 2 is 0.959 bits per heavy atom. The van der Waals surface area contributed by atoms with Crippen molar-refractivity contribution in [2.24, 2.45) is 0 Å². The van der Waals surface area contributed by atoms with Gasteiger partial charge in [0.25, 0.3) is 0 Å². The Hall–Kier alpha value is -5.84. The van der Waals surface area contributed by atoms with Crippen LogP contribution in [0.3, 0.4) is 0 Å². The zero-order valence-corrected chi connectivity index (χ0v) is 28.9. The average Bonchev–Trinajstić information content (AvgIpc) is 3.64. The maximum atomic E-state index is 5.89. The van der Waals surface area contributed by atoms with Crippen LogP contribution in [0.5, 0.6) is 0 Å². The number of para-hydroxylation sites is 1. The van der Waals surface area contributed by atoms with Crippen LogP contribution in [0, 0.1) is 0 Å². The van der Waals surface area contributed by atoms with Crippen molar-refractivity contribution in [3.63, 3.8) is 0 Å². The molecule has 0 aliphatic heterocycles. The fourth-order valence-electron chi connectivity index (χ4n) is 6.40. The van der Waals surface area contributed by atoms with Gasteiger partial charge in [-0.2, -0.15) is 0 Å². The third-order valence-corrected chi connectivity index (χ3v) is 11.2. The van der Waals surface area contributed by atoms with Crippen molar-refractivity contribution in [3.05, 3.63) is 164 Å². The van der Waals surface area contributed by atoms with E-state index in [0.717, 1.165) is 50.2 Å². The van der Waals surface area contributed by atoms with E-state index in [1.54, 1.807) is 6.26 Å². The molecule has 4 heteroatoms. The van der Waals surface area contributed by atoms with Crippen molar-refractivity contribution in [1.82, 2.24) is 9.97 Å². The van der Waals surface area contributed by atoms with E-state index in [9.17, 15) is 0 Å². The largest absolute Gasteiger partial charge is 0.464 e. The minimum absolute atomic E-state index is 0.676. The van der Waals surface area contributed by atoms with Crippen molar-refractivity contribution in [3.8, 4) is 67.3 Å². The molecule has 6 aromatic carbocycles. The highest BCUT2D eigenvalue weighted by atomic mass is 28.3. The molecule has 2 heterocycles. The first-order valence-electron chi connectivity index (χ1n) is 16.7. The summed E-state index contributed by atoms with van der Waals surface area (Å²) in [6.45, 7) is 7.17. The molecule has 8 rings (SSSR count). The second-order valence-corrected chi connectivity index (χ2v) is 18.6. The number of rotatable bonds is 7. The molecular formula is C45H36N2OSi.